The average Bonchev–Trinajstić information content (AvgIpc) is 4.08. The molecular formula is C61H89ClN6O5. The van der Waals surface area contributed by atoms with E-state index < -0.39 is 11.2 Å². The van der Waals surface area contributed by atoms with Gasteiger partial charge in [0, 0.05) is 79.4 Å². The Morgan fingerprint density at radius 3 is 1.34 bits per heavy atom. The Balaban J connectivity index is 0.000000141. The summed E-state index contributed by atoms with van der Waals surface area (Å²) >= 11 is 0. The van der Waals surface area contributed by atoms with Crippen LogP contribution in [0.15, 0.2) is 91.0 Å². The first-order valence-electron chi connectivity index (χ1n) is 28.0. The predicted octanol–water partition coefficient (Wildman–Crippen LogP) is 11.0. The van der Waals surface area contributed by atoms with Gasteiger partial charge in [-0.2, -0.15) is 0 Å². The van der Waals surface area contributed by atoms with Crippen LogP contribution in [0.5, 0.6) is 0 Å². The van der Waals surface area contributed by atoms with Gasteiger partial charge in [-0.1, -0.05) is 91.0 Å². The first kappa shape index (κ1) is 55.2. The molecular weight excluding hydrogens is 932 g/mol. The van der Waals surface area contributed by atoms with Crippen molar-refractivity contribution >= 4 is 30.9 Å². The first-order valence-corrected chi connectivity index (χ1v) is 28.0. The molecule has 12 heteroatoms. The van der Waals surface area contributed by atoms with Crippen molar-refractivity contribution in [1.29, 1.82) is 0 Å². The van der Waals surface area contributed by atoms with Crippen LogP contribution in [0, 0.1) is 16.2 Å². The van der Waals surface area contributed by atoms with Gasteiger partial charge in [-0.3, -0.25) is 0 Å². The highest BCUT2D eigenvalue weighted by Gasteiger charge is 2.54. The van der Waals surface area contributed by atoms with Gasteiger partial charge >= 0.3 is 12.2 Å². The Labute approximate surface area is 444 Å². The average molecular weight is 1020 g/mol. The molecule has 0 bridgehead atoms. The zero-order valence-corrected chi connectivity index (χ0v) is 46.0. The highest BCUT2D eigenvalue weighted by atomic mass is 35.5. The fourth-order valence-corrected chi connectivity index (χ4v) is 10.8. The number of ether oxygens (including phenoxy) is 2. The van der Waals surface area contributed by atoms with Crippen molar-refractivity contribution in [1.82, 2.24) is 30.2 Å². The summed E-state index contributed by atoms with van der Waals surface area (Å²) in [5.41, 5.74) is 3.77. The van der Waals surface area contributed by atoms with Crippen LogP contribution in [0.25, 0.3) is 0 Å². The number of hydrogen-bond donors (Lipinski definition) is 2. The lowest BCUT2D eigenvalue weighted by Crippen LogP contribution is -2.47. The second kappa shape index (κ2) is 23.5. The number of amides is 2. The van der Waals surface area contributed by atoms with Crippen LogP contribution in [0.1, 0.15) is 153 Å². The highest BCUT2D eigenvalue weighted by molar-refractivity contribution is 5.85. The van der Waals surface area contributed by atoms with E-state index in [9.17, 15) is 14.4 Å². The lowest BCUT2D eigenvalue weighted by molar-refractivity contribution is -0.112. The number of nitrogens with one attached hydrogen (secondary N) is 2. The number of hydrogen-bond acceptors (Lipinski definition) is 9. The SMILES string of the molecule is C1CNC1.CC(C)(C)OC(=O)N(CC1(C=O)CC1)[C@H]1CC1c1ccccc1.CC(C)(C)OC(=O)N(CC1(CN2CCC2)CC1)[C@H]1CC1c1ccccc1.Cl.c1ccc(C2C[C@@H]2NCC2(CN3CCC3)CC2)cc1. The van der Waals surface area contributed by atoms with E-state index in [2.05, 4.69) is 98.1 Å². The fourth-order valence-electron chi connectivity index (χ4n) is 10.8. The molecule has 12 rings (SSSR count). The summed E-state index contributed by atoms with van der Waals surface area (Å²) in [6, 6.07) is 33.0. The van der Waals surface area contributed by atoms with Gasteiger partial charge in [-0.25, -0.2) is 9.59 Å². The minimum absolute atomic E-state index is 0. The molecule has 6 atom stereocenters. The van der Waals surface area contributed by atoms with E-state index in [4.69, 9.17) is 9.47 Å². The van der Waals surface area contributed by atoms with E-state index in [1.165, 1.54) is 120 Å². The third-order valence-corrected chi connectivity index (χ3v) is 16.6. The van der Waals surface area contributed by atoms with Gasteiger partial charge in [0.2, 0.25) is 0 Å². The zero-order valence-electron chi connectivity index (χ0n) is 45.2. The molecule has 3 aromatic carbocycles. The largest absolute Gasteiger partial charge is 0.444 e. The summed E-state index contributed by atoms with van der Waals surface area (Å²) in [5, 5.41) is 6.95. The molecule has 400 valence electrons. The van der Waals surface area contributed by atoms with Crippen LogP contribution >= 0.6 is 12.4 Å². The summed E-state index contributed by atoms with van der Waals surface area (Å²) in [5.74, 6) is 1.59. The molecule has 2 N–H and O–H groups in total. The minimum Gasteiger partial charge on any atom is -0.444 e. The summed E-state index contributed by atoms with van der Waals surface area (Å²) in [6.07, 6.45) is 15.2. The number of aldehydes is 1. The number of benzene rings is 3. The Morgan fingerprint density at radius 2 is 1.00 bits per heavy atom. The Hall–Kier alpha value is -4.00. The van der Waals surface area contributed by atoms with Crippen LogP contribution in [-0.2, 0) is 14.3 Å². The number of carbonyl (C=O) groups excluding carboxylic acids is 3. The third kappa shape index (κ3) is 16.0. The van der Waals surface area contributed by atoms with Gasteiger partial charge in [0.05, 0.1) is 0 Å². The van der Waals surface area contributed by atoms with Gasteiger partial charge < -0.3 is 44.5 Å². The monoisotopic (exact) mass is 1020 g/mol. The lowest BCUT2D eigenvalue weighted by atomic mass is 10.0. The summed E-state index contributed by atoms with van der Waals surface area (Å²) in [4.78, 5) is 46.0. The number of likely N-dealkylation sites (tertiary alicyclic amines) is 2. The fraction of sp³-hybridized carbons (Fsp3) is 0.656. The molecule has 6 saturated carbocycles. The van der Waals surface area contributed by atoms with Crippen LogP contribution in [0.4, 0.5) is 9.59 Å². The van der Waals surface area contributed by atoms with Gasteiger partial charge in [0.15, 0.2) is 0 Å². The molecule has 0 spiro atoms. The van der Waals surface area contributed by atoms with Crippen molar-refractivity contribution in [2.24, 2.45) is 16.2 Å². The van der Waals surface area contributed by atoms with E-state index >= 15 is 0 Å². The second-order valence-electron chi connectivity index (χ2n) is 25.4. The van der Waals surface area contributed by atoms with Crippen LogP contribution in [-0.4, -0.2) is 139 Å². The molecule has 6 aliphatic carbocycles. The quantitative estimate of drug-likeness (QED) is 0.128. The molecule has 0 radical (unpaired) electrons. The molecule has 3 aliphatic heterocycles. The summed E-state index contributed by atoms with van der Waals surface area (Å²) < 4.78 is 11.4. The molecule has 3 heterocycles. The van der Waals surface area contributed by atoms with E-state index in [-0.39, 0.29) is 36.1 Å². The maximum atomic E-state index is 13.0. The summed E-state index contributed by atoms with van der Waals surface area (Å²) in [7, 11) is 0. The zero-order chi connectivity index (χ0) is 50.6. The van der Waals surface area contributed by atoms with Gasteiger partial charge in [-0.05, 0) is 180 Å². The molecule has 3 unspecified atom stereocenters. The predicted molar refractivity (Wildman–Crippen MR) is 295 cm³/mol. The van der Waals surface area contributed by atoms with E-state index in [1.54, 1.807) is 4.90 Å². The first-order chi connectivity index (χ1) is 34.5. The van der Waals surface area contributed by atoms with Gasteiger partial charge in [0.1, 0.15) is 17.5 Å². The molecule has 3 aromatic rings. The maximum absolute atomic E-state index is 13.0. The third-order valence-electron chi connectivity index (χ3n) is 16.6. The molecule has 11 nitrogen and oxygen atoms in total. The molecule has 0 aromatic heterocycles. The molecule has 2 amide bonds. The second-order valence-corrected chi connectivity index (χ2v) is 25.4. The Kier molecular flexibility index (Phi) is 17.8. The normalized spacial score (nSPS) is 26.9. The lowest BCUT2D eigenvalue weighted by Gasteiger charge is -2.37. The van der Waals surface area contributed by atoms with Crippen LogP contribution in [0.2, 0.25) is 0 Å². The van der Waals surface area contributed by atoms with Crippen molar-refractivity contribution in [2.75, 3.05) is 72.0 Å². The van der Waals surface area contributed by atoms with Crippen molar-refractivity contribution in [3.8, 4) is 0 Å². The van der Waals surface area contributed by atoms with Crippen LogP contribution < -0.4 is 10.6 Å². The molecule has 73 heavy (non-hydrogen) atoms. The molecule has 3 saturated heterocycles. The van der Waals surface area contributed by atoms with Crippen molar-refractivity contribution in [3.63, 3.8) is 0 Å². The number of carbonyl (C=O) groups is 3. The van der Waals surface area contributed by atoms with E-state index in [1.807, 2.05) is 59.7 Å². The van der Waals surface area contributed by atoms with E-state index in [0.717, 1.165) is 57.0 Å². The van der Waals surface area contributed by atoms with Crippen LogP contribution in [0.3, 0.4) is 0 Å². The van der Waals surface area contributed by atoms with Crippen molar-refractivity contribution in [2.45, 2.75) is 166 Å². The maximum Gasteiger partial charge on any atom is 0.410 e. The summed E-state index contributed by atoms with van der Waals surface area (Å²) in [6.45, 7) is 24.2. The topological polar surface area (TPSA) is 107 Å². The van der Waals surface area contributed by atoms with Crippen molar-refractivity contribution < 1.29 is 23.9 Å². The Bertz CT molecular complexity index is 2230. The number of halogens is 1. The minimum atomic E-state index is -0.523. The van der Waals surface area contributed by atoms with E-state index in [0.29, 0.717) is 35.3 Å². The van der Waals surface area contributed by atoms with Gasteiger partial charge in [0.25, 0.3) is 0 Å². The number of nitrogens with zero attached hydrogens (tertiary/aromatic N) is 4. The Morgan fingerprint density at radius 1 is 0.603 bits per heavy atom. The smallest absolute Gasteiger partial charge is 0.410 e. The highest BCUT2D eigenvalue weighted by Crippen LogP contribution is 2.53. The van der Waals surface area contributed by atoms with Crippen molar-refractivity contribution in [3.05, 3.63) is 108 Å². The molecule has 9 fully saturated rings. The standard InChI is InChI=1S/C22H32N2O2.C19H25NO3.C17H24N2.C3H7N.ClH/c1-21(2,3)26-20(25)24(16-22(10-11-22)15-23-12-7-13-23)19-14-18(19)17-8-5-4-6-9-17;1-18(2,3)23-17(22)20(12-19(13-21)9-10-19)16-11-15(16)14-7-5-4-6-8-14;1-2-5-14(6-3-1)15-11-16(15)18-12-17(7-8-17)13-19-9-4-10-19;1-2-4-3-1;/h4-6,8-9,18-19H,7,10-16H2,1-3H3;4-8,13,15-16H,9-12H2,1-3H3;1-3,5-6,15-16,18H,4,7-13H2;4H,1-3H2;1H/t18?,19-;2*15?,16-;;/m000../s1. The van der Waals surface area contributed by atoms with Gasteiger partial charge in [-0.15, -0.1) is 12.4 Å². The number of rotatable bonds is 17. The molecule has 9 aliphatic rings.